The smallest absolute Gasteiger partial charge is 0.243 e. The number of piperidine rings is 1. The SMILES string of the molecule is COc1ccc(N2CCN(C(=O)C3CCN(c4nc(NC(C)=O)ns4)CC3)CC2)cc1. The number of ether oxygens (including phenoxy) is 1. The zero-order valence-corrected chi connectivity index (χ0v) is 18.7. The minimum absolute atomic E-state index is 0.0616. The second kappa shape index (κ2) is 9.51. The van der Waals surface area contributed by atoms with Gasteiger partial charge in [0.15, 0.2) is 0 Å². The van der Waals surface area contributed by atoms with Crippen molar-refractivity contribution in [1.82, 2.24) is 14.3 Å². The van der Waals surface area contributed by atoms with Gasteiger partial charge < -0.3 is 19.4 Å². The molecule has 9 nitrogen and oxygen atoms in total. The molecule has 2 fully saturated rings. The molecular formula is C21H28N6O3S. The molecule has 166 valence electrons. The van der Waals surface area contributed by atoms with Crippen LogP contribution in [0.3, 0.4) is 0 Å². The van der Waals surface area contributed by atoms with Crippen molar-refractivity contribution in [3.63, 3.8) is 0 Å². The largest absolute Gasteiger partial charge is 0.497 e. The van der Waals surface area contributed by atoms with E-state index in [0.29, 0.717) is 5.95 Å². The van der Waals surface area contributed by atoms with E-state index in [-0.39, 0.29) is 17.7 Å². The molecule has 1 N–H and O–H groups in total. The average Bonchev–Trinajstić information content (AvgIpc) is 3.26. The molecule has 0 unspecified atom stereocenters. The van der Waals surface area contributed by atoms with E-state index in [1.807, 2.05) is 17.0 Å². The van der Waals surface area contributed by atoms with Crippen molar-refractivity contribution in [2.45, 2.75) is 19.8 Å². The summed E-state index contributed by atoms with van der Waals surface area (Å²) in [6.07, 6.45) is 1.62. The van der Waals surface area contributed by atoms with Crippen LogP contribution in [0, 0.1) is 5.92 Å². The molecule has 2 aliphatic heterocycles. The Labute approximate surface area is 186 Å². The van der Waals surface area contributed by atoms with Crippen molar-refractivity contribution < 1.29 is 14.3 Å². The van der Waals surface area contributed by atoms with Crippen LogP contribution in [-0.4, -0.2) is 72.5 Å². The molecule has 0 bridgehead atoms. The topological polar surface area (TPSA) is 90.9 Å². The third-order valence-corrected chi connectivity index (χ3v) is 6.62. The fourth-order valence-electron chi connectivity index (χ4n) is 4.11. The zero-order valence-electron chi connectivity index (χ0n) is 17.9. The summed E-state index contributed by atoms with van der Waals surface area (Å²) in [7, 11) is 1.67. The number of methoxy groups -OCH3 is 1. The van der Waals surface area contributed by atoms with Gasteiger partial charge in [-0.1, -0.05) is 0 Å². The van der Waals surface area contributed by atoms with E-state index < -0.39 is 0 Å². The van der Waals surface area contributed by atoms with E-state index in [1.54, 1.807) is 7.11 Å². The van der Waals surface area contributed by atoms with Crippen molar-refractivity contribution in [2.75, 3.05) is 61.5 Å². The van der Waals surface area contributed by atoms with Crippen LogP contribution in [0.25, 0.3) is 0 Å². The summed E-state index contributed by atoms with van der Waals surface area (Å²) in [6.45, 7) is 6.17. The van der Waals surface area contributed by atoms with Gasteiger partial charge in [0.05, 0.1) is 7.11 Å². The molecule has 0 radical (unpaired) electrons. The lowest BCUT2D eigenvalue weighted by molar-refractivity contribution is -0.136. The van der Waals surface area contributed by atoms with Gasteiger partial charge in [-0.3, -0.25) is 14.9 Å². The molecule has 10 heteroatoms. The molecular weight excluding hydrogens is 416 g/mol. The highest BCUT2D eigenvalue weighted by atomic mass is 32.1. The molecule has 3 heterocycles. The monoisotopic (exact) mass is 444 g/mol. The van der Waals surface area contributed by atoms with E-state index in [2.05, 4.69) is 36.6 Å². The predicted octanol–water partition coefficient (Wildman–Crippen LogP) is 2.07. The number of anilines is 3. The minimum Gasteiger partial charge on any atom is -0.497 e. The van der Waals surface area contributed by atoms with Crippen LogP contribution < -0.4 is 19.9 Å². The lowest BCUT2D eigenvalue weighted by Crippen LogP contribution is -2.51. The number of hydrogen-bond acceptors (Lipinski definition) is 8. The number of carbonyl (C=O) groups is 2. The van der Waals surface area contributed by atoms with E-state index in [0.717, 1.165) is 68.7 Å². The Morgan fingerprint density at radius 2 is 1.71 bits per heavy atom. The van der Waals surface area contributed by atoms with Gasteiger partial charge in [0.2, 0.25) is 22.9 Å². The molecule has 2 amide bonds. The normalized spacial score (nSPS) is 17.5. The first-order valence-corrected chi connectivity index (χ1v) is 11.3. The number of amides is 2. The van der Waals surface area contributed by atoms with Gasteiger partial charge in [-0.2, -0.15) is 9.36 Å². The lowest BCUT2D eigenvalue weighted by Gasteiger charge is -2.39. The molecule has 0 aliphatic carbocycles. The Balaban J connectivity index is 1.25. The molecule has 2 aliphatic rings. The number of rotatable bonds is 5. The second-order valence-corrected chi connectivity index (χ2v) is 8.58. The third-order valence-electron chi connectivity index (χ3n) is 5.85. The molecule has 31 heavy (non-hydrogen) atoms. The van der Waals surface area contributed by atoms with Crippen LogP contribution in [0.5, 0.6) is 5.75 Å². The summed E-state index contributed by atoms with van der Waals surface area (Å²) < 4.78 is 9.40. The molecule has 1 aromatic heterocycles. The maximum absolute atomic E-state index is 13.0. The summed E-state index contributed by atoms with van der Waals surface area (Å²) in [6, 6.07) is 8.07. The van der Waals surface area contributed by atoms with Crippen molar-refractivity contribution in [3.8, 4) is 5.75 Å². The molecule has 0 saturated carbocycles. The third kappa shape index (κ3) is 5.07. The van der Waals surface area contributed by atoms with Crippen LogP contribution in [0.15, 0.2) is 24.3 Å². The lowest BCUT2D eigenvalue weighted by atomic mass is 9.95. The first kappa shape index (κ1) is 21.4. The highest BCUT2D eigenvalue weighted by Gasteiger charge is 2.31. The number of hydrogen-bond donors (Lipinski definition) is 1. The number of nitrogens with zero attached hydrogens (tertiary/aromatic N) is 5. The molecule has 4 rings (SSSR count). The van der Waals surface area contributed by atoms with Gasteiger partial charge in [-0.25, -0.2) is 0 Å². The standard InChI is InChI=1S/C21H28N6O3S/c1-15(28)22-20-23-21(31-24-20)27-9-7-16(8-10-27)19(29)26-13-11-25(12-14-26)17-3-5-18(30-2)6-4-17/h3-6,16H,7-14H2,1-2H3,(H,22,24,28). The average molecular weight is 445 g/mol. The first-order valence-electron chi connectivity index (χ1n) is 10.6. The van der Waals surface area contributed by atoms with Crippen LogP contribution in [0.4, 0.5) is 16.8 Å². The van der Waals surface area contributed by atoms with Crippen LogP contribution in [0.2, 0.25) is 0 Å². The Morgan fingerprint density at radius 1 is 1.03 bits per heavy atom. The highest BCUT2D eigenvalue weighted by Crippen LogP contribution is 2.28. The Kier molecular flexibility index (Phi) is 6.55. The van der Waals surface area contributed by atoms with Crippen LogP contribution in [0.1, 0.15) is 19.8 Å². The number of carbonyl (C=O) groups excluding carboxylic acids is 2. The summed E-state index contributed by atoms with van der Waals surface area (Å²) >= 11 is 1.28. The molecule has 0 atom stereocenters. The number of aromatic nitrogens is 2. The summed E-state index contributed by atoms with van der Waals surface area (Å²) in [5.41, 5.74) is 1.16. The molecule has 1 aromatic carbocycles. The van der Waals surface area contributed by atoms with Gasteiger partial charge in [0, 0.05) is 69.3 Å². The van der Waals surface area contributed by atoms with Gasteiger partial charge in [0.1, 0.15) is 5.75 Å². The van der Waals surface area contributed by atoms with E-state index in [4.69, 9.17) is 4.74 Å². The van der Waals surface area contributed by atoms with Crippen molar-refractivity contribution in [3.05, 3.63) is 24.3 Å². The fourth-order valence-corrected chi connectivity index (χ4v) is 4.79. The van der Waals surface area contributed by atoms with Crippen molar-refractivity contribution in [1.29, 1.82) is 0 Å². The summed E-state index contributed by atoms with van der Waals surface area (Å²) in [5, 5.41) is 3.40. The highest BCUT2D eigenvalue weighted by molar-refractivity contribution is 7.09. The van der Waals surface area contributed by atoms with Gasteiger partial charge in [0.25, 0.3) is 0 Å². The number of piperazine rings is 1. The molecule has 0 spiro atoms. The maximum atomic E-state index is 13.0. The second-order valence-electron chi connectivity index (χ2n) is 7.85. The fraction of sp³-hybridized carbons (Fsp3) is 0.524. The van der Waals surface area contributed by atoms with Crippen molar-refractivity contribution >= 4 is 40.1 Å². The van der Waals surface area contributed by atoms with Gasteiger partial charge in [-0.15, -0.1) is 0 Å². The molecule has 2 aromatic rings. The van der Waals surface area contributed by atoms with Crippen LogP contribution >= 0.6 is 11.5 Å². The van der Waals surface area contributed by atoms with Gasteiger partial charge >= 0.3 is 0 Å². The Morgan fingerprint density at radius 3 is 2.32 bits per heavy atom. The quantitative estimate of drug-likeness (QED) is 0.755. The zero-order chi connectivity index (χ0) is 21.8. The van der Waals surface area contributed by atoms with Crippen molar-refractivity contribution in [2.24, 2.45) is 5.92 Å². The molecule has 2 saturated heterocycles. The summed E-state index contributed by atoms with van der Waals surface area (Å²) in [4.78, 5) is 35.0. The maximum Gasteiger partial charge on any atom is 0.243 e. The minimum atomic E-state index is -0.180. The number of benzene rings is 1. The van der Waals surface area contributed by atoms with E-state index in [1.165, 1.54) is 18.5 Å². The van der Waals surface area contributed by atoms with Gasteiger partial charge in [-0.05, 0) is 37.1 Å². The Hall–Kier alpha value is -2.88. The van der Waals surface area contributed by atoms with E-state index in [9.17, 15) is 9.59 Å². The number of nitrogens with one attached hydrogen (secondary N) is 1. The summed E-state index contributed by atoms with van der Waals surface area (Å²) in [5.74, 6) is 1.35. The Bertz CT molecular complexity index is 902. The predicted molar refractivity (Wildman–Crippen MR) is 121 cm³/mol. The van der Waals surface area contributed by atoms with E-state index >= 15 is 0 Å². The first-order chi connectivity index (χ1) is 15.0. The van der Waals surface area contributed by atoms with Crippen LogP contribution in [-0.2, 0) is 9.59 Å².